The molecule has 5 nitrogen and oxygen atoms in total. The monoisotopic (exact) mass is 281 g/mol. The van der Waals surface area contributed by atoms with Crippen molar-refractivity contribution in [2.75, 3.05) is 25.0 Å². The molecule has 0 radical (unpaired) electrons. The van der Waals surface area contributed by atoms with Gasteiger partial charge in [0.2, 0.25) is 0 Å². The maximum atomic E-state index is 12.2. The SMILES string of the molecule is O=C(Nc1nccs1)N1CCOC2(CCCCC2)C1. The number of hydrogen-bond donors (Lipinski definition) is 1. The van der Waals surface area contributed by atoms with Crippen molar-refractivity contribution >= 4 is 22.5 Å². The third kappa shape index (κ3) is 2.90. The Morgan fingerprint density at radius 2 is 2.26 bits per heavy atom. The summed E-state index contributed by atoms with van der Waals surface area (Å²) in [4.78, 5) is 18.2. The maximum Gasteiger partial charge on any atom is 0.323 e. The van der Waals surface area contributed by atoms with Crippen molar-refractivity contribution in [3.8, 4) is 0 Å². The van der Waals surface area contributed by atoms with E-state index in [0.717, 1.165) is 12.8 Å². The van der Waals surface area contributed by atoms with Crippen LogP contribution >= 0.6 is 11.3 Å². The number of urea groups is 1. The zero-order chi connectivity index (χ0) is 13.1. The molecule has 0 unspecified atom stereocenters. The largest absolute Gasteiger partial charge is 0.371 e. The summed E-state index contributed by atoms with van der Waals surface area (Å²) in [6.07, 6.45) is 7.56. The number of nitrogens with one attached hydrogen (secondary N) is 1. The molecule has 0 atom stereocenters. The summed E-state index contributed by atoms with van der Waals surface area (Å²) in [5, 5.41) is 5.37. The lowest BCUT2D eigenvalue weighted by atomic mass is 9.83. The zero-order valence-electron chi connectivity index (χ0n) is 10.9. The van der Waals surface area contributed by atoms with Crippen molar-refractivity contribution in [1.82, 2.24) is 9.88 Å². The molecule has 19 heavy (non-hydrogen) atoms. The summed E-state index contributed by atoms with van der Waals surface area (Å²) in [7, 11) is 0. The number of anilines is 1. The van der Waals surface area contributed by atoms with Gasteiger partial charge in [-0.2, -0.15) is 0 Å². The van der Waals surface area contributed by atoms with Crippen LogP contribution in [0.1, 0.15) is 32.1 Å². The van der Waals surface area contributed by atoms with E-state index in [9.17, 15) is 4.79 Å². The quantitative estimate of drug-likeness (QED) is 0.861. The average molecular weight is 281 g/mol. The molecular weight excluding hydrogens is 262 g/mol. The molecule has 1 aromatic heterocycles. The van der Waals surface area contributed by atoms with Gasteiger partial charge in [0.25, 0.3) is 0 Å². The number of amides is 2. The van der Waals surface area contributed by atoms with Gasteiger partial charge >= 0.3 is 6.03 Å². The van der Waals surface area contributed by atoms with Crippen LogP contribution in [-0.2, 0) is 4.74 Å². The molecule has 2 aliphatic rings. The normalized spacial score (nSPS) is 22.4. The third-order valence-electron chi connectivity index (χ3n) is 3.95. The first-order valence-electron chi connectivity index (χ1n) is 6.87. The van der Waals surface area contributed by atoms with Crippen LogP contribution in [0.15, 0.2) is 11.6 Å². The van der Waals surface area contributed by atoms with Crippen LogP contribution in [0.3, 0.4) is 0 Å². The second-order valence-corrected chi connectivity index (χ2v) is 6.18. The summed E-state index contributed by atoms with van der Waals surface area (Å²) >= 11 is 1.44. The molecule has 1 saturated heterocycles. The second kappa shape index (κ2) is 5.46. The van der Waals surface area contributed by atoms with E-state index in [-0.39, 0.29) is 11.6 Å². The number of carbonyl (C=O) groups excluding carboxylic acids is 1. The highest BCUT2D eigenvalue weighted by atomic mass is 32.1. The van der Waals surface area contributed by atoms with Gasteiger partial charge in [-0.3, -0.25) is 5.32 Å². The molecule has 1 aliphatic carbocycles. The van der Waals surface area contributed by atoms with Gasteiger partial charge in [0.1, 0.15) is 0 Å². The van der Waals surface area contributed by atoms with E-state index in [0.29, 0.717) is 24.8 Å². The van der Waals surface area contributed by atoms with Crippen LogP contribution < -0.4 is 5.32 Å². The fourth-order valence-corrected chi connectivity index (χ4v) is 3.49. The average Bonchev–Trinajstić information content (AvgIpc) is 2.92. The molecule has 2 heterocycles. The molecule has 3 rings (SSSR count). The van der Waals surface area contributed by atoms with E-state index < -0.39 is 0 Å². The first kappa shape index (κ1) is 12.9. The zero-order valence-corrected chi connectivity index (χ0v) is 11.7. The minimum absolute atomic E-state index is 0.0526. The topological polar surface area (TPSA) is 54.5 Å². The fraction of sp³-hybridized carbons (Fsp3) is 0.692. The highest BCUT2D eigenvalue weighted by Gasteiger charge is 2.39. The molecule has 2 fully saturated rings. The lowest BCUT2D eigenvalue weighted by Crippen LogP contribution is -2.55. The van der Waals surface area contributed by atoms with Gasteiger partial charge in [0.05, 0.1) is 18.8 Å². The fourth-order valence-electron chi connectivity index (χ4n) is 2.97. The highest BCUT2D eigenvalue weighted by molar-refractivity contribution is 7.13. The van der Waals surface area contributed by atoms with E-state index >= 15 is 0 Å². The molecule has 0 aromatic carbocycles. The molecule has 1 aromatic rings. The standard InChI is InChI=1S/C13H19N3O2S/c17-12(15-11-14-6-9-19-11)16-7-8-18-13(10-16)4-2-1-3-5-13/h6,9H,1-5,7-8,10H2,(H,14,15,17). The first-order chi connectivity index (χ1) is 9.27. The Morgan fingerprint density at radius 3 is 3.00 bits per heavy atom. The van der Waals surface area contributed by atoms with Crippen molar-refractivity contribution in [2.24, 2.45) is 0 Å². The van der Waals surface area contributed by atoms with Crippen molar-refractivity contribution in [2.45, 2.75) is 37.7 Å². The first-order valence-corrected chi connectivity index (χ1v) is 7.75. The van der Waals surface area contributed by atoms with Gasteiger partial charge < -0.3 is 9.64 Å². The van der Waals surface area contributed by atoms with Crippen LogP contribution in [0.5, 0.6) is 0 Å². The van der Waals surface area contributed by atoms with Gasteiger partial charge in [0, 0.05) is 18.1 Å². The van der Waals surface area contributed by atoms with Crippen LogP contribution in [-0.4, -0.2) is 41.2 Å². The van der Waals surface area contributed by atoms with Gasteiger partial charge in [-0.05, 0) is 12.8 Å². The summed E-state index contributed by atoms with van der Waals surface area (Å²) < 4.78 is 5.99. The van der Waals surface area contributed by atoms with Crippen LogP contribution in [0.4, 0.5) is 9.93 Å². The minimum Gasteiger partial charge on any atom is -0.371 e. The van der Waals surface area contributed by atoms with Gasteiger partial charge in [0.15, 0.2) is 5.13 Å². The number of aromatic nitrogens is 1. The molecule has 1 spiro atoms. The number of morpholine rings is 1. The predicted octanol–water partition coefficient (Wildman–Crippen LogP) is 2.71. The number of thiazole rings is 1. The number of rotatable bonds is 1. The number of carbonyl (C=O) groups is 1. The molecule has 104 valence electrons. The van der Waals surface area contributed by atoms with E-state index in [4.69, 9.17) is 4.74 Å². The van der Waals surface area contributed by atoms with Gasteiger partial charge in [-0.1, -0.05) is 19.3 Å². The third-order valence-corrected chi connectivity index (χ3v) is 4.64. The smallest absolute Gasteiger partial charge is 0.323 e. The Labute approximate surface area is 117 Å². The van der Waals surface area contributed by atoms with Gasteiger partial charge in [-0.15, -0.1) is 11.3 Å². The Kier molecular flexibility index (Phi) is 3.70. The second-order valence-electron chi connectivity index (χ2n) is 5.28. The van der Waals surface area contributed by atoms with Gasteiger partial charge in [-0.25, -0.2) is 9.78 Å². The summed E-state index contributed by atoms with van der Waals surface area (Å²) in [6.45, 7) is 2.02. The van der Waals surface area contributed by atoms with E-state index in [1.807, 2.05) is 10.3 Å². The summed E-state index contributed by atoms with van der Waals surface area (Å²) in [5.74, 6) is 0. The summed E-state index contributed by atoms with van der Waals surface area (Å²) in [6, 6.07) is -0.0526. The minimum atomic E-state index is -0.0866. The van der Waals surface area contributed by atoms with Crippen molar-refractivity contribution in [3.63, 3.8) is 0 Å². The van der Waals surface area contributed by atoms with Crippen LogP contribution in [0.2, 0.25) is 0 Å². The highest BCUT2D eigenvalue weighted by Crippen LogP contribution is 2.34. The Morgan fingerprint density at radius 1 is 1.42 bits per heavy atom. The summed E-state index contributed by atoms with van der Waals surface area (Å²) in [5.41, 5.74) is -0.0866. The maximum absolute atomic E-state index is 12.2. The molecule has 0 bridgehead atoms. The van der Waals surface area contributed by atoms with Crippen molar-refractivity contribution in [1.29, 1.82) is 0 Å². The Hall–Kier alpha value is -1.14. The van der Waals surface area contributed by atoms with Crippen molar-refractivity contribution in [3.05, 3.63) is 11.6 Å². The molecule has 6 heteroatoms. The van der Waals surface area contributed by atoms with E-state index in [2.05, 4.69) is 10.3 Å². The number of ether oxygens (including phenoxy) is 1. The number of nitrogens with zero attached hydrogens (tertiary/aromatic N) is 2. The van der Waals surface area contributed by atoms with E-state index in [1.165, 1.54) is 30.6 Å². The Balaban J connectivity index is 1.62. The van der Waals surface area contributed by atoms with E-state index in [1.54, 1.807) is 6.20 Å². The molecular formula is C13H19N3O2S. The lowest BCUT2D eigenvalue weighted by Gasteiger charge is -2.44. The lowest BCUT2D eigenvalue weighted by molar-refractivity contribution is -0.115. The van der Waals surface area contributed by atoms with Crippen LogP contribution in [0, 0.1) is 0 Å². The predicted molar refractivity (Wildman–Crippen MR) is 74.5 cm³/mol. The Bertz CT molecular complexity index is 424. The molecule has 1 aliphatic heterocycles. The molecule has 2 amide bonds. The van der Waals surface area contributed by atoms with Crippen LogP contribution in [0.25, 0.3) is 0 Å². The molecule has 1 N–H and O–H groups in total. The molecule has 1 saturated carbocycles. The number of hydrogen-bond acceptors (Lipinski definition) is 4. The van der Waals surface area contributed by atoms with Crippen molar-refractivity contribution < 1.29 is 9.53 Å².